The largest absolute Gasteiger partial charge is 0.342 e. The summed E-state index contributed by atoms with van der Waals surface area (Å²) in [5, 5.41) is 3.02. The van der Waals surface area contributed by atoms with Gasteiger partial charge in [0.2, 0.25) is 5.91 Å². The highest BCUT2D eigenvalue weighted by molar-refractivity contribution is 6.31. The molecule has 7 heteroatoms. The second-order valence-corrected chi connectivity index (χ2v) is 7.06. The topological polar surface area (TPSA) is 52.7 Å². The number of carbonyl (C=O) groups is 2. The number of piperidine rings is 1. The smallest absolute Gasteiger partial charge is 0.317 e. The molecule has 2 aliphatic heterocycles. The third-order valence-electron chi connectivity index (χ3n) is 5.03. The normalized spacial score (nSPS) is 18.5. The molecule has 0 unspecified atom stereocenters. The van der Waals surface area contributed by atoms with Crippen LogP contribution in [0.25, 0.3) is 0 Å². The Balaban J connectivity index is 1.47. The first-order chi connectivity index (χ1) is 12.1. The highest BCUT2D eigenvalue weighted by Crippen LogP contribution is 2.22. The Hall–Kier alpha value is -1.82. The Morgan fingerprint density at radius 2 is 1.80 bits per heavy atom. The van der Waals surface area contributed by atoms with E-state index in [-0.39, 0.29) is 30.0 Å². The number of nitrogens with zero attached hydrogens (tertiary/aromatic N) is 2. The third-order valence-corrected chi connectivity index (χ3v) is 5.38. The van der Waals surface area contributed by atoms with E-state index in [9.17, 15) is 14.0 Å². The Labute approximate surface area is 152 Å². The van der Waals surface area contributed by atoms with E-state index in [4.69, 9.17) is 11.6 Å². The zero-order valence-corrected chi connectivity index (χ0v) is 14.9. The van der Waals surface area contributed by atoms with E-state index in [0.29, 0.717) is 31.0 Å². The number of carbonyl (C=O) groups excluding carboxylic acids is 2. The van der Waals surface area contributed by atoms with E-state index < -0.39 is 5.82 Å². The van der Waals surface area contributed by atoms with E-state index in [1.54, 1.807) is 11.0 Å². The Morgan fingerprint density at radius 3 is 2.44 bits per heavy atom. The summed E-state index contributed by atoms with van der Waals surface area (Å²) in [5.74, 6) is -0.179. The molecule has 1 aromatic rings. The molecule has 25 heavy (non-hydrogen) atoms. The van der Waals surface area contributed by atoms with Crippen molar-refractivity contribution >= 4 is 23.5 Å². The first-order valence-corrected chi connectivity index (χ1v) is 9.18. The zero-order valence-electron chi connectivity index (χ0n) is 14.1. The van der Waals surface area contributed by atoms with Crippen LogP contribution in [0, 0.1) is 11.7 Å². The van der Waals surface area contributed by atoms with Crippen LogP contribution < -0.4 is 5.32 Å². The van der Waals surface area contributed by atoms with Crippen LogP contribution in [0.3, 0.4) is 0 Å². The van der Waals surface area contributed by atoms with Gasteiger partial charge >= 0.3 is 6.03 Å². The fraction of sp³-hybridized carbons (Fsp3) is 0.556. The van der Waals surface area contributed by atoms with Crippen LogP contribution in [-0.2, 0) is 11.3 Å². The lowest BCUT2D eigenvalue weighted by molar-refractivity contribution is -0.135. The third kappa shape index (κ3) is 4.24. The summed E-state index contributed by atoms with van der Waals surface area (Å²) in [6, 6.07) is 4.21. The minimum Gasteiger partial charge on any atom is -0.342 e. The molecule has 1 N–H and O–H groups in total. The van der Waals surface area contributed by atoms with Gasteiger partial charge in [0, 0.05) is 49.2 Å². The number of urea groups is 1. The maximum atomic E-state index is 13.7. The lowest BCUT2D eigenvalue weighted by Gasteiger charge is -2.33. The van der Waals surface area contributed by atoms with Gasteiger partial charge in [-0.3, -0.25) is 4.79 Å². The molecule has 3 amide bonds. The standard InChI is InChI=1S/C18H23ClFN3O2/c19-15-4-3-5-16(20)14(15)12-21-18(25)23-10-6-13(7-11-23)17(24)22-8-1-2-9-22/h3-5,13H,1-2,6-12H2,(H,21,25). The van der Waals surface area contributed by atoms with Crippen molar-refractivity contribution < 1.29 is 14.0 Å². The van der Waals surface area contributed by atoms with Crippen LogP contribution in [0.15, 0.2) is 18.2 Å². The molecule has 2 heterocycles. The number of amides is 3. The van der Waals surface area contributed by atoms with Crippen LogP contribution in [-0.4, -0.2) is 47.9 Å². The zero-order chi connectivity index (χ0) is 17.8. The maximum Gasteiger partial charge on any atom is 0.317 e. The molecule has 1 aromatic carbocycles. The molecule has 0 spiro atoms. The van der Waals surface area contributed by atoms with Gasteiger partial charge in [-0.05, 0) is 37.8 Å². The Bertz CT molecular complexity index is 621. The number of rotatable bonds is 3. The van der Waals surface area contributed by atoms with E-state index in [1.165, 1.54) is 12.1 Å². The quantitative estimate of drug-likeness (QED) is 0.892. The minimum absolute atomic E-state index is 0.0168. The summed E-state index contributed by atoms with van der Waals surface area (Å²) in [4.78, 5) is 28.3. The lowest BCUT2D eigenvalue weighted by atomic mass is 9.95. The van der Waals surface area contributed by atoms with Gasteiger partial charge in [-0.1, -0.05) is 17.7 Å². The lowest BCUT2D eigenvalue weighted by Crippen LogP contribution is -2.47. The number of nitrogens with one attached hydrogen (secondary N) is 1. The first kappa shape index (κ1) is 18.0. The van der Waals surface area contributed by atoms with Crippen molar-refractivity contribution in [2.75, 3.05) is 26.2 Å². The minimum atomic E-state index is -0.428. The van der Waals surface area contributed by atoms with E-state index in [2.05, 4.69) is 5.32 Å². The van der Waals surface area contributed by atoms with Crippen LogP contribution in [0.2, 0.25) is 5.02 Å². The SMILES string of the molecule is O=C(NCc1c(F)cccc1Cl)N1CCC(C(=O)N2CCCC2)CC1. The van der Waals surface area contributed by atoms with Gasteiger partial charge in [0.1, 0.15) is 5.82 Å². The summed E-state index contributed by atoms with van der Waals surface area (Å²) >= 11 is 5.97. The number of hydrogen-bond acceptors (Lipinski definition) is 2. The second-order valence-electron chi connectivity index (χ2n) is 6.65. The molecule has 0 aromatic heterocycles. The van der Waals surface area contributed by atoms with Gasteiger partial charge in [0.25, 0.3) is 0 Å². The molecular formula is C18H23ClFN3O2. The number of halogens is 2. The molecule has 3 rings (SSSR count). The van der Waals surface area contributed by atoms with Crippen molar-refractivity contribution in [2.24, 2.45) is 5.92 Å². The van der Waals surface area contributed by atoms with Crippen molar-refractivity contribution in [3.05, 3.63) is 34.6 Å². The van der Waals surface area contributed by atoms with Crippen LogP contribution in [0.5, 0.6) is 0 Å². The molecule has 2 aliphatic rings. The predicted octanol–water partition coefficient (Wildman–Crippen LogP) is 3.02. The van der Waals surface area contributed by atoms with Crippen molar-refractivity contribution in [1.29, 1.82) is 0 Å². The van der Waals surface area contributed by atoms with Crippen molar-refractivity contribution in [2.45, 2.75) is 32.2 Å². The molecule has 0 aliphatic carbocycles. The highest BCUT2D eigenvalue weighted by Gasteiger charge is 2.31. The molecule has 2 fully saturated rings. The summed E-state index contributed by atoms with van der Waals surface area (Å²) < 4.78 is 13.7. The summed E-state index contributed by atoms with van der Waals surface area (Å²) in [6.45, 7) is 2.87. The van der Waals surface area contributed by atoms with Gasteiger partial charge < -0.3 is 15.1 Å². The summed E-state index contributed by atoms with van der Waals surface area (Å²) in [6.07, 6.45) is 3.55. The molecule has 0 saturated carbocycles. The van der Waals surface area contributed by atoms with E-state index in [0.717, 1.165) is 25.9 Å². The summed E-state index contributed by atoms with van der Waals surface area (Å²) in [7, 11) is 0. The van der Waals surface area contributed by atoms with Crippen LogP contribution in [0.4, 0.5) is 9.18 Å². The Kier molecular flexibility index (Phi) is 5.78. The van der Waals surface area contributed by atoms with Crippen molar-refractivity contribution in [1.82, 2.24) is 15.1 Å². The fourth-order valence-electron chi connectivity index (χ4n) is 3.50. The molecule has 0 bridgehead atoms. The fourth-order valence-corrected chi connectivity index (χ4v) is 3.73. The average molecular weight is 368 g/mol. The maximum absolute atomic E-state index is 13.7. The Morgan fingerprint density at radius 1 is 1.12 bits per heavy atom. The molecular weight excluding hydrogens is 345 g/mol. The van der Waals surface area contributed by atoms with Gasteiger partial charge in [-0.2, -0.15) is 0 Å². The van der Waals surface area contributed by atoms with E-state index >= 15 is 0 Å². The van der Waals surface area contributed by atoms with Crippen LogP contribution in [0.1, 0.15) is 31.2 Å². The van der Waals surface area contributed by atoms with Gasteiger partial charge in [0.05, 0.1) is 0 Å². The molecule has 5 nitrogen and oxygen atoms in total. The first-order valence-electron chi connectivity index (χ1n) is 8.80. The molecule has 2 saturated heterocycles. The van der Waals surface area contributed by atoms with Gasteiger partial charge in [0.15, 0.2) is 0 Å². The summed E-state index contributed by atoms with van der Waals surface area (Å²) in [5.41, 5.74) is 0.289. The molecule has 0 radical (unpaired) electrons. The number of benzene rings is 1. The average Bonchev–Trinajstić information content (AvgIpc) is 3.15. The van der Waals surface area contributed by atoms with Crippen molar-refractivity contribution in [3.63, 3.8) is 0 Å². The van der Waals surface area contributed by atoms with Gasteiger partial charge in [-0.25, -0.2) is 9.18 Å². The van der Waals surface area contributed by atoms with Gasteiger partial charge in [-0.15, -0.1) is 0 Å². The van der Waals surface area contributed by atoms with E-state index in [1.807, 2.05) is 4.90 Å². The molecule has 136 valence electrons. The van der Waals surface area contributed by atoms with Crippen LogP contribution >= 0.6 is 11.6 Å². The highest BCUT2D eigenvalue weighted by atomic mass is 35.5. The predicted molar refractivity (Wildman–Crippen MR) is 93.8 cm³/mol. The second kappa shape index (κ2) is 8.04. The molecule has 0 atom stereocenters. The monoisotopic (exact) mass is 367 g/mol. The van der Waals surface area contributed by atoms with Crippen molar-refractivity contribution in [3.8, 4) is 0 Å². The number of hydrogen-bond donors (Lipinski definition) is 1. The number of likely N-dealkylation sites (tertiary alicyclic amines) is 2.